The minimum Gasteiger partial charge on any atom is -0.484 e. The molecule has 1 aliphatic heterocycles. The zero-order valence-electron chi connectivity index (χ0n) is 13.9. The summed E-state index contributed by atoms with van der Waals surface area (Å²) in [5.41, 5.74) is 5.07. The molecule has 1 aliphatic rings. The van der Waals surface area contributed by atoms with Gasteiger partial charge in [-0.3, -0.25) is 4.79 Å². The Morgan fingerprint density at radius 1 is 1.19 bits per heavy atom. The Bertz CT molecular complexity index is 808. The Morgan fingerprint density at radius 3 is 2.54 bits per heavy atom. The smallest absolute Gasteiger partial charge is 0.277 e. The van der Waals surface area contributed by atoms with Crippen LogP contribution in [0.1, 0.15) is 21.3 Å². The fourth-order valence-corrected chi connectivity index (χ4v) is 5.14. The third kappa shape index (κ3) is 5.28. The highest BCUT2D eigenvalue weighted by Gasteiger charge is 2.17. The van der Waals surface area contributed by atoms with Gasteiger partial charge in [0.15, 0.2) is 6.61 Å². The van der Waals surface area contributed by atoms with Gasteiger partial charge in [0.25, 0.3) is 5.91 Å². The zero-order valence-corrected chi connectivity index (χ0v) is 15.6. The Morgan fingerprint density at radius 2 is 1.88 bits per heavy atom. The number of carbonyl (C=O) groups excluding carboxylic acids is 1. The second-order valence-electron chi connectivity index (χ2n) is 5.46. The van der Waals surface area contributed by atoms with E-state index in [2.05, 4.69) is 10.5 Å². The molecule has 1 heterocycles. The maximum absolute atomic E-state index is 11.8. The number of thioether (sulfide) groups is 2. The molecule has 0 aliphatic carbocycles. The fraction of sp³-hybridized carbons (Fsp3) is 0.211. The summed E-state index contributed by atoms with van der Waals surface area (Å²) < 4.78 is 5.99. The summed E-state index contributed by atoms with van der Waals surface area (Å²) >= 11 is 3.91. The van der Waals surface area contributed by atoms with E-state index in [0.717, 1.165) is 5.56 Å². The molecule has 0 atom stereocenters. The van der Waals surface area contributed by atoms with Crippen molar-refractivity contribution >= 4 is 35.6 Å². The number of ether oxygens (including phenoxy) is 1. The van der Waals surface area contributed by atoms with Gasteiger partial charge in [0.1, 0.15) is 5.75 Å². The van der Waals surface area contributed by atoms with Crippen LogP contribution in [0.2, 0.25) is 0 Å². The maximum atomic E-state index is 11.8. The van der Waals surface area contributed by atoms with E-state index >= 15 is 0 Å². The van der Waals surface area contributed by atoms with E-state index in [4.69, 9.17) is 10.00 Å². The molecule has 1 saturated heterocycles. The number of hydrazone groups is 1. The summed E-state index contributed by atoms with van der Waals surface area (Å²) in [4.78, 5) is 11.8. The SMILES string of the molecule is N#Cc1ccc(/C=N\NC(=O)COc2ccc(C3SCCS3)cc2)cc1. The van der Waals surface area contributed by atoms with Gasteiger partial charge in [-0.25, -0.2) is 5.43 Å². The summed E-state index contributed by atoms with van der Waals surface area (Å²) in [5, 5.41) is 12.6. The summed E-state index contributed by atoms with van der Waals surface area (Å²) in [5.74, 6) is 2.71. The lowest BCUT2D eigenvalue weighted by molar-refractivity contribution is -0.123. The highest BCUT2D eigenvalue weighted by molar-refractivity contribution is 8.19. The van der Waals surface area contributed by atoms with Gasteiger partial charge in [-0.2, -0.15) is 10.4 Å². The van der Waals surface area contributed by atoms with Crippen LogP contribution in [0, 0.1) is 11.3 Å². The summed E-state index contributed by atoms with van der Waals surface area (Å²) in [7, 11) is 0. The van der Waals surface area contributed by atoms with E-state index in [0.29, 0.717) is 15.9 Å². The molecule has 2 aromatic rings. The standard InChI is InChI=1S/C19H17N3O2S2/c20-11-14-1-3-15(4-2-14)12-21-22-18(23)13-24-17-7-5-16(6-8-17)19-25-9-10-26-19/h1-8,12,19H,9-10,13H2,(H,22,23)/b21-12-. The Labute approximate surface area is 160 Å². The molecular formula is C19H17N3O2S2. The second kappa shape index (κ2) is 9.32. The molecule has 2 aromatic carbocycles. The fourth-order valence-electron chi connectivity index (χ4n) is 2.28. The van der Waals surface area contributed by atoms with Crippen LogP contribution in [-0.4, -0.2) is 30.2 Å². The van der Waals surface area contributed by atoms with E-state index in [9.17, 15) is 4.79 Å². The number of carbonyl (C=O) groups is 1. The number of nitrogens with zero attached hydrogens (tertiary/aromatic N) is 2. The van der Waals surface area contributed by atoms with E-state index in [1.807, 2.05) is 53.9 Å². The van der Waals surface area contributed by atoms with Crippen molar-refractivity contribution in [3.63, 3.8) is 0 Å². The lowest BCUT2D eigenvalue weighted by atomic mass is 10.2. The van der Waals surface area contributed by atoms with E-state index < -0.39 is 0 Å². The van der Waals surface area contributed by atoms with Crippen LogP contribution in [0.25, 0.3) is 0 Å². The molecule has 0 aromatic heterocycles. The molecule has 5 nitrogen and oxygen atoms in total. The highest BCUT2D eigenvalue weighted by Crippen LogP contribution is 2.45. The van der Waals surface area contributed by atoms with Crippen LogP contribution in [0.3, 0.4) is 0 Å². The van der Waals surface area contributed by atoms with Crippen molar-refractivity contribution < 1.29 is 9.53 Å². The molecular weight excluding hydrogens is 366 g/mol. The molecule has 26 heavy (non-hydrogen) atoms. The molecule has 0 radical (unpaired) electrons. The Balaban J connectivity index is 1.43. The number of nitriles is 1. The van der Waals surface area contributed by atoms with Gasteiger partial charge in [0.05, 0.1) is 22.4 Å². The Kier molecular flexibility index (Phi) is 6.58. The largest absolute Gasteiger partial charge is 0.484 e. The van der Waals surface area contributed by atoms with Gasteiger partial charge in [-0.05, 0) is 35.4 Å². The summed E-state index contributed by atoms with van der Waals surface area (Å²) in [6.07, 6.45) is 1.52. The molecule has 1 N–H and O–H groups in total. The van der Waals surface area contributed by atoms with Gasteiger partial charge in [0, 0.05) is 11.5 Å². The average molecular weight is 383 g/mol. The molecule has 0 unspecified atom stereocenters. The molecule has 0 saturated carbocycles. The number of nitrogens with one attached hydrogen (secondary N) is 1. The third-order valence-electron chi connectivity index (χ3n) is 3.59. The summed E-state index contributed by atoms with van der Waals surface area (Å²) in [6, 6.07) is 16.8. The number of benzene rings is 2. The van der Waals surface area contributed by atoms with Crippen LogP contribution in [-0.2, 0) is 4.79 Å². The van der Waals surface area contributed by atoms with Gasteiger partial charge in [-0.1, -0.05) is 24.3 Å². The van der Waals surface area contributed by atoms with Crippen molar-refractivity contribution in [1.82, 2.24) is 5.43 Å². The van der Waals surface area contributed by atoms with Crippen molar-refractivity contribution in [2.24, 2.45) is 5.10 Å². The van der Waals surface area contributed by atoms with Gasteiger partial charge in [-0.15, -0.1) is 23.5 Å². The predicted molar refractivity (Wildman–Crippen MR) is 106 cm³/mol. The van der Waals surface area contributed by atoms with Gasteiger partial charge < -0.3 is 4.74 Å². The minimum atomic E-state index is -0.333. The molecule has 7 heteroatoms. The van der Waals surface area contributed by atoms with Gasteiger partial charge in [0.2, 0.25) is 0 Å². The highest BCUT2D eigenvalue weighted by atomic mass is 32.2. The molecule has 0 spiro atoms. The Hall–Kier alpha value is -2.43. The van der Waals surface area contributed by atoms with Crippen LogP contribution in [0.15, 0.2) is 53.6 Å². The van der Waals surface area contributed by atoms with Crippen molar-refractivity contribution in [1.29, 1.82) is 5.26 Å². The number of hydrogen-bond acceptors (Lipinski definition) is 6. The lowest BCUT2D eigenvalue weighted by Crippen LogP contribution is -2.24. The van der Waals surface area contributed by atoms with Crippen molar-refractivity contribution in [2.75, 3.05) is 18.1 Å². The van der Waals surface area contributed by atoms with Crippen LogP contribution in [0.4, 0.5) is 0 Å². The first-order chi connectivity index (χ1) is 12.7. The molecule has 1 fully saturated rings. The summed E-state index contributed by atoms with van der Waals surface area (Å²) in [6.45, 7) is -0.100. The number of hydrogen-bond donors (Lipinski definition) is 1. The predicted octanol–water partition coefficient (Wildman–Crippen LogP) is 3.57. The van der Waals surface area contributed by atoms with Crippen LogP contribution in [0.5, 0.6) is 5.75 Å². The zero-order chi connectivity index (χ0) is 18.2. The first-order valence-electron chi connectivity index (χ1n) is 8.02. The lowest BCUT2D eigenvalue weighted by Gasteiger charge is -2.10. The topological polar surface area (TPSA) is 74.5 Å². The van der Waals surface area contributed by atoms with E-state index in [1.54, 1.807) is 24.3 Å². The van der Waals surface area contributed by atoms with Crippen molar-refractivity contribution in [3.8, 4) is 11.8 Å². The second-order valence-corrected chi connectivity index (χ2v) is 8.18. The first kappa shape index (κ1) is 18.4. The molecule has 1 amide bonds. The van der Waals surface area contributed by atoms with Crippen molar-refractivity contribution in [2.45, 2.75) is 4.58 Å². The minimum absolute atomic E-state index is 0.100. The monoisotopic (exact) mass is 383 g/mol. The average Bonchev–Trinajstić information content (AvgIpc) is 3.22. The first-order valence-corrected chi connectivity index (χ1v) is 10.1. The third-order valence-corrected chi connectivity index (χ3v) is 6.69. The quantitative estimate of drug-likeness (QED) is 0.610. The molecule has 3 rings (SSSR count). The van der Waals surface area contributed by atoms with Gasteiger partial charge >= 0.3 is 0 Å². The maximum Gasteiger partial charge on any atom is 0.277 e. The van der Waals surface area contributed by atoms with Crippen molar-refractivity contribution in [3.05, 3.63) is 65.2 Å². The normalized spacial score (nSPS) is 14.3. The van der Waals surface area contributed by atoms with E-state index in [-0.39, 0.29) is 12.5 Å². The van der Waals surface area contributed by atoms with E-state index in [1.165, 1.54) is 23.3 Å². The van der Waals surface area contributed by atoms with Crippen LogP contribution < -0.4 is 10.2 Å². The molecule has 132 valence electrons. The number of amides is 1. The van der Waals surface area contributed by atoms with Crippen LogP contribution >= 0.6 is 23.5 Å². The molecule has 0 bridgehead atoms. The number of rotatable bonds is 6.